The summed E-state index contributed by atoms with van der Waals surface area (Å²) in [6, 6.07) is 13.1. The van der Waals surface area contributed by atoms with Gasteiger partial charge in [-0.3, -0.25) is 14.4 Å². The first-order valence-corrected chi connectivity index (χ1v) is 9.78. The van der Waals surface area contributed by atoms with Gasteiger partial charge < -0.3 is 10.6 Å². The first-order chi connectivity index (χ1) is 14.3. The van der Waals surface area contributed by atoms with E-state index in [1.165, 1.54) is 11.6 Å². The van der Waals surface area contributed by atoms with Crippen molar-refractivity contribution in [3.63, 3.8) is 0 Å². The number of aromatic nitrogens is 2. The molecule has 30 heavy (non-hydrogen) atoms. The molecule has 1 atom stereocenters. The van der Waals surface area contributed by atoms with Gasteiger partial charge in [0.05, 0.1) is 12.1 Å². The second-order valence-electron chi connectivity index (χ2n) is 7.17. The molecule has 0 spiro atoms. The Morgan fingerprint density at radius 1 is 1.20 bits per heavy atom. The highest BCUT2D eigenvalue weighted by Gasteiger charge is 2.34. The third kappa shape index (κ3) is 3.71. The molecule has 0 saturated carbocycles. The first-order valence-electron chi connectivity index (χ1n) is 9.40. The number of nitrogens with zero attached hydrogens (tertiary/aromatic N) is 2. The van der Waals surface area contributed by atoms with Crippen molar-refractivity contribution in [2.24, 2.45) is 0 Å². The number of rotatable bonds is 4. The smallest absolute Gasteiger partial charge is 0.249 e. The molecule has 0 fully saturated rings. The molecule has 1 aliphatic heterocycles. The Morgan fingerprint density at radius 3 is 2.70 bits per heavy atom. The lowest BCUT2D eigenvalue weighted by molar-refractivity contribution is -0.125. The summed E-state index contributed by atoms with van der Waals surface area (Å²) >= 11 is 6.11. The largest absolute Gasteiger partial charge is 0.324 e. The zero-order chi connectivity index (χ0) is 21.4. The minimum atomic E-state index is -0.818. The van der Waals surface area contributed by atoms with E-state index in [0.717, 1.165) is 11.1 Å². The number of hydrogen-bond acceptors (Lipinski definition) is 4. The van der Waals surface area contributed by atoms with Crippen LogP contribution in [0.1, 0.15) is 35.3 Å². The van der Waals surface area contributed by atoms with Gasteiger partial charge in [0.1, 0.15) is 11.9 Å². The summed E-state index contributed by atoms with van der Waals surface area (Å²) in [4.78, 5) is 36.9. The summed E-state index contributed by atoms with van der Waals surface area (Å²) in [5, 5.41) is 10.8. The number of nitrogens with one attached hydrogen (secondary N) is 2. The molecule has 1 aliphatic rings. The molecule has 2 N–H and O–H groups in total. The maximum absolute atomic E-state index is 13.0. The number of anilines is 2. The fourth-order valence-corrected chi connectivity index (χ4v) is 3.68. The zero-order valence-corrected chi connectivity index (χ0v) is 17.2. The highest BCUT2D eigenvalue weighted by Crippen LogP contribution is 2.35. The van der Waals surface area contributed by atoms with Crippen molar-refractivity contribution in [2.75, 3.05) is 10.6 Å². The SMILES string of the molecule is CC(=O)c1cccc(NC(=O)C2CC(=O)Nc3c(C)c(-c4cccc(Cl)c4)nn32)c1. The van der Waals surface area contributed by atoms with Crippen LogP contribution in [0, 0.1) is 6.92 Å². The highest BCUT2D eigenvalue weighted by atomic mass is 35.5. The third-order valence-electron chi connectivity index (χ3n) is 5.02. The number of hydrogen-bond donors (Lipinski definition) is 2. The van der Waals surface area contributed by atoms with E-state index >= 15 is 0 Å². The van der Waals surface area contributed by atoms with Crippen LogP contribution in [0.15, 0.2) is 48.5 Å². The normalized spacial score (nSPS) is 15.3. The molecule has 0 radical (unpaired) electrons. The van der Waals surface area contributed by atoms with Crippen LogP contribution in [0.2, 0.25) is 5.02 Å². The molecule has 4 rings (SSSR count). The molecule has 1 aromatic heterocycles. The van der Waals surface area contributed by atoms with E-state index in [1.54, 1.807) is 36.4 Å². The molecule has 2 heterocycles. The van der Waals surface area contributed by atoms with Crippen LogP contribution < -0.4 is 10.6 Å². The van der Waals surface area contributed by atoms with Gasteiger partial charge in [-0.2, -0.15) is 5.10 Å². The number of amides is 2. The van der Waals surface area contributed by atoms with E-state index in [4.69, 9.17) is 11.6 Å². The number of ketones is 1. The Morgan fingerprint density at radius 2 is 1.97 bits per heavy atom. The highest BCUT2D eigenvalue weighted by molar-refractivity contribution is 6.30. The van der Waals surface area contributed by atoms with Gasteiger partial charge in [-0.05, 0) is 38.1 Å². The fourth-order valence-electron chi connectivity index (χ4n) is 3.49. The summed E-state index contributed by atoms with van der Waals surface area (Å²) in [5.74, 6) is -0.258. The van der Waals surface area contributed by atoms with Crippen molar-refractivity contribution in [1.82, 2.24) is 9.78 Å². The lowest BCUT2D eigenvalue weighted by Crippen LogP contribution is -2.36. The maximum atomic E-state index is 13.0. The summed E-state index contributed by atoms with van der Waals surface area (Å²) in [6.45, 7) is 3.30. The molecule has 1 unspecified atom stereocenters. The lowest BCUT2D eigenvalue weighted by Gasteiger charge is -2.24. The van der Waals surface area contributed by atoms with E-state index in [1.807, 2.05) is 19.1 Å². The second kappa shape index (κ2) is 7.76. The van der Waals surface area contributed by atoms with Crippen LogP contribution in [0.25, 0.3) is 11.3 Å². The van der Waals surface area contributed by atoms with Gasteiger partial charge in [0, 0.05) is 27.4 Å². The van der Waals surface area contributed by atoms with E-state index in [9.17, 15) is 14.4 Å². The van der Waals surface area contributed by atoms with Crippen molar-refractivity contribution in [3.8, 4) is 11.3 Å². The lowest BCUT2D eigenvalue weighted by atomic mass is 10.1. The maximum Gasteiger partial charge on any atom is 0.249 e. The Bertz CT molecular complexity index is 1180. The first kappa shape index (κ1) is 19.8. The molecule has 0 bridgehead atoms. The van der Waals surface area contributed by atoms with Crippen molar-refractivity contribution >= 4 is 40.7 Å². The molecular weight excluding hydrogens is 404 g/mol. The molecule has 0 aliphatic carbocycles. The van der Waals surface area contributed by atoms with Crippen LogP contribution >= 0.6 is 11.6 Å². The van der Waals surface area contributed by atoms with Crippen LogP contribution in [-0.4, -0.2) is 27.4 Å². The number of benzene rings is 2. The second-order valence-corrected chi connectivity index (χ2v) is 7.61. The topological polar surface area (TPSA) is 93.1 Å². The fraction of sp³-hybridized carbons (Fsp3) is 0.182. The predicted molar refractivity (Wildman–Crippen MR) is 115 cm³/mol. The predicted octanol–water partition coefficient (Wildman–Crippen LogP) is 4.24. The number of carbonyl (C=O) groups is 3. The van der Waals surface area contributed by atoms with Crippen LogP contribution in [0.5, 0.6) is 0 Å². The molecular formula is C22H19ClN4O3. The van der Waals surface area contributed by atoms with Crippen LogP contribution in [-0.2, 0) is 9.59 Å². The minimum absolute atomic E-state index is 0.0403. The number of Topliss-reactive ketones (excluding diaryl/α,β-unsaturated/α-hetero) is 1. The van der Waals surface area contributed by atoms with Gasteiger partial charge in [0.2, 0.25) is 11.8 Å². The molecule has 0 saturated heterocycles. The van der Waals surface area contributed by atoms with E-state index in [-0.39, 0.29) is 24.0 Å². The monoisotopic (exact) mass is 422 g/mol. The quantitative estimate of drug-likeness (QED) is 0.615. The summed E-state index contributed by atoms with van der Waals surface area (Å²) in [7, 11) is 0. The molecule has 7 nitrogen and oxygen atoms in total. The zero-order valence-electron chi connectivity index (χ0n) is 16.4. The minimum Gasteiger partial charge on any atom is -0.324 e. The summed E-state index contributed by atoms with van der Waals surface area (Å²) in [5.41, 5.74) is 3.17. The molecule has 8 heteroatoms. The van der Waals surface area contributed by atoms with Crippen molar-refractivity contribution in [2.45, 2.75) is 26.3 Å². The summed E-state index contributed by atoms with van der Waals surface area (Å²) < 4.78 is 1.54. The molecule has 3 aromatic rings. The average Bonchev–Trinajstić information content (AvgIpc) is 3.04. The van der Waals surface area contributed by atoms with Gasteiger partial charge in [-0.15, -0.1) is 0 Å². The van der Waals surface area contributed by atoms with Crippen molar-refractivity contribution in [1.29, 1.82) is 0 Å². The van der Waals surface area contributed by atoms with Crippen LogP contribution in [0.3, 0.4) is 0 Å². The Balaban J connectivity index is 1.69. The Hall–Kier alpha value is -3.45. The molecule has 152 valence electrons. The van der Waals surface area contributed by atoms with E-state index in [2.05, 4.69) is 15.7 Å². The average molecular weight is 423 g/mol. The Kier molecular flexibility index (Phi) is 5.13. The number of halogens is 1. The summed E-state index contributed by atoms with van der Waals surface area (Å²) in [6.07, 6.45) is -0.0403. The van der Waals surface area contributed by atoms with Crippen LogP contribution in [0.4, 0.5) is 11.5 Å². The molecule has 2 aromatic carbocycles. The standard InChI is InChI=1S/C22H19ClN4O3/c1-12-20(15-6-3-7-16(23)9-15)26-27-18(11-19(29)25-21(12)27)22(30)24-17-8-4-5-14(10-17)13(2)28/h3-10,18H,11H2,1-2H3,(H,24,30)(H,25,29). The third-order valence-corrected chi connectivity index (χ3v) is 5.25. The van der Waals surface area contributed by atoms with Gasteiger partial charge >= 0.3 is 0 Å². The van der Waals surface area contributed by atoms with E-state index in [0.29, 0.717) is 27.8 Å². The molecule has 2 amide bonds. The van der Waals surface area contributed by atoms with Gasteiger partial charge in [-0.1, -0.05) is 35.9 Å². The van der Waals surface area contributed by atoms with Crippen molar-refractivity contribution in [3.05, 3.63) is 64.7 Å². The van der Waals surface area contributed by atoms with Gasteiger partial charge in [0.15, 0.2) is 5.78 Å². The number of fused-ring (bicyclic) bond motifs is 1. The number of carbonyl (C=O) groups excluding carboxylic acids is 3. The van der Waals surface area contributed by atoms with Gasteiger partial charge in [-0.25, -0.2) is 4.68 Å². The van der Waals surface area contributed by atoms with E-state index < -0.39 is 6.04 Å². The van der Waals surface area contributed by atoms with Gasteiger partial charge in [0.25, 0.3) is 0 Å². The van der Waals surface area contributed by atoms with Crippen molar-refractivity contribution < 1.29 is 14.4 Å². The Labute approximate surface area is 178 Å².